The van der Waals surface area contributed by atoms with Gasteiger partial charge in [0.15, 0.2) is 0 Å². The van der Waals surface area contributed by atoms with Gasteiger partial charge in [0, 0.05) is 30.9 Å². The third kappa shape index (κ3) is 9.32. The van der Waals surface area contributed by atoms with Gasteiger partial charge >= 0.3 is 0 Å². The van der Waals surface area contributed by atoms with Crippen molar-refractivity contribution in [2.45, 2.75) is 0 Å². The van der Waals surface area contributed by atoms with Gasteiger partial charge in [0.1, 0.15) is 0 Å². The fourth-order valence-electron chi connectivity index (χ4n) is 3.93. The summed E-state index contributed by atoms with van der Waals surface area (Å²) in [7, 11) is -2.42. The van der Waals surface area contributed by atoms with Crippen molar-refractivity contribution in [3.8, 4) is 0 Å². The lowest BCUT2D eigenvalue weighted by Gasteiger charge is -2.38. The number of nitrogens with two attached hydrogens (primary N) is 4. The fourth-order valence-corrected chi connectivity index (χ4v) is 10.8. The Labute approximate surface area is 242 Å². The zero-order chi connectivity index (χ0) is 27.6. The van der Waals surface area contributed by atoms with Crippen LogP contribution in [0.5, 0.6) is 0 Å². The lowest BCUT2D eigenvalue weighted by Crippen LogP contribution is -2.28. The van der Waals surface area contributed by atoms with E-state index in [-0.39, 0.29) is 0 Å². The van der Waals surface area contributed by atoms with Crippen LogP contribution in [0.3, 0.4) is 0 Å². The first-order chi connectivity index (χ1) is 18.8. The van der Waals surface area contributed by atoms with E-state index in [4.69, 9.17) is 24.2 Å². The molecule has 0 spiro atoms. The Morgan fingerprint density at radius 1 is 0.487 bits per heavy atom. The molecule has 0 radical (unpaired) electrons. The molecule has 0 bridgehead atoms. The number of hydrogen-bond acceptors (Lipinski definition) is 7. The van der Waals surface area contributed by atoms with Gasteiger partial charge in [0.2, 0.25) is 0 Å². The zero-order valence-electron chi connectivity index (χ0n) is 21.5. The SMILES string of the molecule is NS(N)(OS(N)(N)SCC=C(c1ccccc1)c1ccccc1)SCC=C(c1ccccc1)c1ccccc1. The molecule has 8 N–H and O–H groups in total. The van der Waals surface area contributed by atoms with E-state index in [2.05, 4.69) is 60.7 Å². The summed E-state index contributed by atoms with van der Waals surface area (Å²) >= 11 is 0. The molecule has 39 heavy (non-hydrogen) atoms. The first-order valence-electron chi connectivity index (χ1n) is 12.2. The third-order valence-corrected chi connectivity index (χ3v) is 12.7. The summed E-state index contributed by atoms with van der Waals surface area (Å²) in [6.07, 6.45) is 4.23. The van der Waals surface area contributed by atoms with Crippen LogP contribution in [0.4, 0.5) is 0 Å². The molecule has 0 aliphatic heterocycles. The highest BCUT2D eigenvalue weighted by Crippen LogP contribution is 2.61. The number of benzene rings is 4. The van der Waals surface area contributed by atoms with Crippen molar-refractivity contribution < 1.29 is 3.63 Å². The van der Waals surface area contributed by atoms with Crippen LogP contribution in [0.15, 0.2) is 133 Å². The second-order valence-electron chi connectivity index (χ2n) is 8.51. The van der Waals surface area contributed by atoms with E-state index in [9.17, 15) is 0 Å². The second kappa shape index (κ2) is 14.3. The third-order valence-electron chi connectivity index (χ3n) is 5.63. The standard InChI is InChI=1S/C30H34N4OS4/c31-38(32,36-23-21-29(25-13-5-1-6-14-25)26-15-7-2-8-16-26)35-39(33,34)37-24-22-30(27-17-9-3-10-18-27)28-19-11-4-12-20-28/h1-22H,23-24,31-34H2. The van der Waals surface area contributed by atoms with Gasteiger partial charge in [0.25, 0.3) is 0 Å². The van der Waals surface area contributed by atoms with Crippen molar-refractivity contribution in [3.05, 3.63) is 156 Å². The molecule has 0 atom stereocenters. The lowest BCUT2D eigenvalue weighted by atomic mass is 9.98. The Balaban J connectivity index is 1.41. The van der Waals surface area contributed by atoms with Gasteiger partial charge in [0.05, 0.1) is 0 Å². The summed E-state index contributed by atoms with van der Waals surface area (Å²) in [6, 6.07) is 40.9. The van der Waals surface area contributed by atoms with Crippen LogP contribution < -0.4 is 20.6 Å². The van der Waals surface area contributed by atoms with Crippen molar-refractivity contribution in [3.63, 3.8) is 0 Å². The minimum atomic E-state index is -2.54. The first kappa shape index (κ1) is 29.5. The van der Waals surface area contributed by atoms with E-state index in [0.717, 1.165) is 33.4 Å². The molecule has 0 amide bonds. The predicted molar refractivity (Wildman–Crippen MR) is 178 cm³/mol. The van der Waals surface area contributed by atoms with Crippen molar-refractivity contribution in [2.24, 2.45) is 20.6 Å². The van der Waals surface area contributed by atoms with Crippen LogP contribution in [-0.4, -0.2) is 11.5 Å². The van der Waals surface area contributed by atoms with Gasteiger partial charge in [-0.15, -0.1) is 0 Å². The van der Waals surface area contributed by atoms with E-state index in [1.807, 2.05) is 72.8 Å². The molecule has 4 rings (SSSR count). The predicted octanol–water partition coefficient (Wildman–Crippen LogP) is 7.50. The van der Waals surface area contributed by atoms with E-state index in [1.54, 1.807) is 0 Å². The van der Waals surface area contributed by atoms with Crippen LogP contribution in [0.2, 0.25) is 0 Å². The molecule has 0 unspecified atom stereocenters. The molecule has 0 saturated carbocycles. The Hall–Kier alpha value is -2.44. The lowest BCUT2D eigenvalue weighted by molar-refractivity contribution is 0.717. The molecule has 5 nitrogen and oxygen atoms in total. The Bertz CT molecular complexity index is 1180. The summed E-state index contributed by atoms with van der Waals surface area (Å²) < 4.78 is 5.96. The molecule has 0 aliphatic carbocycles. The van der Waals surface area contributed by atoms with Crippen molar-refractivity contribution in [2.75, 3.05) is 11.5 Å². The maximum Gasteiger partial charge on any atom is 0.0404 e. The van der Waals surface area contributed by atoms with Crippen LogP contribution >= 0.6 is 41.0 Å². The molecule has 0 heterocycles. The maximum atomic E-state index is 6.38. The highest BCUT2D eigenvalue weighted by molar-refractivity contribution is 8.97. The van der Waals surface area contributed by atoms with Gasteiger partial charge in [-0.1, -0.05) is 155 Å². The molecular formula is C30H34N4OS4. The van der Waals surface area contributed by atoms with Crippen molar-refractivity contribution >= 4 is 52.2 Å². The monoisotopic (exact) mass is 594 g/mol. The largest absolute Gasteiger partial charge is 0.254 e. The number of hydrogen-bond donors (Lipinski definition) is 4. The highest BCUT2D eigenvalue weighted by atomic mass is 33.2. The van der Waals surface area contributed by atoms with Gasteiger partial charge in [-0.3, -0.25) is 20.6 Å². The molecule has 9 heteroatoms. The summed E-state index contributed by atoms with van der Waals surface area (Å²) in [6.45, 7) is 0. The van der Waals surface area contributed by atoms with Crippen molar-refractivity contribution in [1.29, 1.82) is 0 Å². The molecule has 0 saturated heterocycles. The first-order valence-corrected chi connectivity index (χ1v) is 18.6. The normalized spacial score (nSPS) is 12.4. The van der Waals surface area contributed by atoms with Crippen LogP contribution in [-0.2, 0) is 3.63 Å². The van der Waals surface area contributed by atoms with Gasteiger partial charge < -0.3 is 0 Å². The van der Waals surface area contributed by atoms with Crippen LogP contribution in [0.1, 0.15) is 22.3 Å². The average Bonchev–Trinajstić information content (AvgIpc) is 2.95. The van der Waals surface area contributed by atoms with Gasteiger partial charge in [-0.05, 0) is 33.4 Å². The smallest absolute Gasteiger partial charge is 0.0404 e. The molecule has 4 aromatic carbocycles. The van der Waals surface area contributed by atoms with E-state index >= 15 is 0 Å². The molecular weight excluding hydrogens is 561 g/mol. The minimum Gasteiger partial charge on any atom is -0.254 e. The van der Waals surface area contributed by atoms with Crippen LogP contribution in [0.25, 0.3) is 11.1 Å². The van der Waals surface area contributed by atoms with E-state index in [1.165, 1.54) is 21.6 Å². The molecule has 0 aliphatic rings. The molecule has 0 aromatic heterocycles. The Morgan fingerprint density at radius 3 is 1.00 bits per heavy atom. The maximum absolute atomic E-state index is 6.38. The van der Waals surface area contributed by atoms with Gasteiger partial charge in [-0.2, -0.15) is 0 Å². The summed E-state index contributed by atoms with van der Waals surface area (Å²) in [5.74, 6) is 1.10. The summed E-state index contributed by atoms with van der Waals surface area (Å²) in [4.78, 5) is 0. The van der Waals surface area contributed by atoms with Crippen LogP contribution in [0, 0.1) is 0 Å². The highest BCUT2D eigenvalue weighted by Gasteiger charge is 2.26. The van der Waals surface area contributed by atoms with Gasteiger partial charge in [-0.25, -0.2) is 3.63 Å². The molecule has 0 fully saturated rings. The summed E-state index contributed by atoms with van der Waals surface area (Å²) in [5.41, 5.74) is 6.68. The van der Waals surface area contributed by atoms with Crippen molar-refractivity contribution in [1.82, 2.24) is 0 Å². The average molecular weight is 595 g/mol. The van der Waals surface area contributed by atoms with E-state index in [0.29, 0.717) is 11.5 Å². The minimum absolute atomic E-state index is 0.549. The zero-order valence-corrected chi connectivity index (χ0v) is 24.7. The second-order valence-corrected chi connectivity index (χ2v) is 17.1. The Morgan fingerprint density at radius 2 is 0.744 bits per heavy atom. The molecule has 204 valence electrons. The quantitative estimate of drug-likeness (QED) is 0.126. The number of rotatable bonds is 12. The molecule has 4 aromatic rings. The fraction of sp³-hybridized carbons (Fsp3) is 0.0667. The Kier molecular flexibility index (Phi) is 10.8. The topological polar surface area (TPSA) is 113 Å². The van der Waals surface area contributed by atoms with E-state index < -0.39 is 19.4 Å². The summed E-state index contributed by atoms with van der Waals surface area (Å²) in [5, 5.41) is 25.5.